The highest BCUT2D eigenvalue weighted by molar-refractivity contribution is 5.85. The molecule has 1 aromatic carbocycles. The summed E-state index contributed by atoms with van der Waals surface area (Å²) in [6.07, 6.45) is 2.74. The minimum atomic E-state index is -0.856. The van der Waals surface area contributed by atoms with Crippen molar-refractivity contribution in [1.29, 1.82) is 0 Å². The highest BCUT2D eigenvalue weighted by atomic mass is 19.2. The normalized spacial score (nSPS) is 20.3. The second kappa shape index (κ2) is 6.55. The summed E-state index contributed by atoms with van der Waals surface area (Å²) in [5, 5.41) is 11.5. The van der Waals surface area contributed by atoms with Gasteiger partial charge in [0.05, 0.1) is 11.4 Å². The molecule has 0 radical (unpaired) electrons. The predicted molar refractivity (Wildman–Crippen MR) is 90.1 cm³/mol. The number of aromatic amines is 1. The summed E-state index contributed by atoms with van der Waals surface area (Å²) >= 11 is 0. The molecule has 0 fully saturated rings. The van der Waals surface area contributed by atoms with E-state index in [9.17, 15) is 8.78 Å². The molecule has 1 N–H and O–H groups in total. The Kier molecular flexibility index (Phi) is 4.25. The third-order valence-electron chi connectivity index (χ3n) is 4.87. The van der Waals surface area contributed by atoms with E-state index in [4.69, 9.17) is 4.84 Å². The van der Waals surface area contributed by atoms with Gasteiger partial charge in [0.2, 0.25) is 0 Å². The zero-order chi connectivity index (χ0) is 17.4. The fraction of sp³-hybridized carbons (Fsp3) is 0.444. The van der Waals surface area contributed by atoms with Crippen LogP contribution in [0.25, 0.3) is 11.3 Å². The lowest BCUT2D eigenvalue weighted by Gasteiger charge is -2.28. The predicted octanol–water partition coefficient (Wildman–Crippen LogP) is 3.27. The Labute approximate surface area is 144 Å². The molecule has 1 atom stereocenters. The third-order valence-corrected chi connectivity index (χ3v) is 4.87. The minimum Gasteiger partial charge on any atom is -0.391 e. The first-order chi connectivity index (χ1) is 12.1. The molecular formula is C18H20F2N4O. The number of benzene rings is 1. The zero-order valence-corrected chi connectivity index (χ0v) is 14.1. The van der Waals surface area contributed by atoms with Crippen molar-refractivity contribution in [1.82, 2.24) is 15.1 Å². The van der Waals surface area contributed by atoms with Gasteiger partial charge in [-0.05, 0) is 24.6 Å². The van der Waals surface area contributed by atoms with E-state index in [1.807, 2.05) is 0 Å². The Morgan fingerprint density at radius 1 is 1.32 bits per heavy atom. The SMILES string of the molecule is CCC1=NO[C@@H](CN2CCc3[nH]nc(-c4ccc(F)c(F)c4)c3C2)C1. The number of fused-ring (bicyclic) bond motifs is 1. The Bertz CT molecular complexity index is 817. The number of rotatable bonds is 4. The summed E-state index contributed by atoms with van der Waals surface area (Å²) in [5.41, 5.74) is 4.50. The van der Waals surface area contributed by atoms with E-state index in [-0.39, 0.29) is 6.10 Å². The van der Waals surface area contributed by atoms with Crippen molar-refractivity contribution in [2.45, 2.75) is 38.8 Å². The Morgan fingerprint density at radius 3 is 2.96 bits per heavy atom. The van der Waals surface area contributed by atoms with Gasteiger partial charge in [-0.25, -0.2) is 8.78 Å². The summed E-state index contributed by atoms with van der Waals surface area (Å²) in [4.78, 5) is 7.81. The van der Waals surface area contributed by atoms with Gasteiger partial charge >= 0.3 is 0 Å². The molecule has 0 saturated carbocycles. The van der Waals surface area contributed by atoms with Gasteiger partial charge in [-0.2, -0.15) is 5.10 Å². The third kappa shape index (κ3) is 3.16. The zero-order valence-electron chi connectivity index (χ0n) is 14.1. The molecule has 0 bridgehead atoms. The van der Waals surface area contributed by atoms with Crippen LogP contribution >= 0.6 is 0 Å². The monoisotopic (exact) mass is 346 g/mol. The summed E-state index contributed by atoms with van der Waals surface area (Å²) in [6.45, 7) is 4.50. The van der Waals surface area contributed by atoms with Gasteiger partial charge in [0.15, 0.2) is 11.6 Å². The molecule has 0 saturated heterocycles. The van der Waals surface area contributed by atoms with Gasteiger partial charge in [0.25, 0.3) is 0 Å². The summed E-state index contributed by atoms with van der Waals surface area (Å²) in [7, 11) is 0. The fourth-order valence-electron chi connectivity index (χ4n) is 3.47. The molecule has 0 aliphatic carbocycles. The van der Waals surface area contributed by atoms with Crippen LogP contribution in [-0.2, 0) is 17.8 Å². The summed E-state index contributed by atoms with van der Waals surface area (Å²) in [6, 6.07) is 3.91. The first kappa shape index (κ1) is 16.2. The van der Waals surface area contributed by atoms with E-state index >= 15 is 0 Å². The number of hydrogen-bond donors (Lipinski definition) is 1. The molecule has 2 aliphatic heterocycles. The average Bonchev–Trinajstić information content (AvgIpc) is 3.24. The molecule has 0 amide bonds. The lowest BCUT2D eigenvalue weighted by Crippen LogP contribution is -2.36. The maximum Gasteiger partial charge on any atom is 0.159 e. The Hall–Kier alpha value is -2.28. The second-order valence-corrected chi connectivity index (χ2v) is 6.59. The molecule has 1 aromatic heterocycles. The lowest BCUT2D eigenvalue weighted by molar-refractivity contribution is 0.0488. The van der Waals surface area contributed by atoms with Crippen LogP contribution < -0.4 is 0 Å². The van der Waals surface area contributed by atoms with Crippen molar-refractivity contribution in [3.05, 3.63) is 41.1 Å². The van der Waals surface area contributed by atoms with Gasteiger partial charge in [-0.1, -0.05) is 12.1 Å². The Balaban J connectivity index is 1.51. The van der Waals surface area contributed by atoms with E-state index in [2.05, 4.69) is 27.2 Å². The molecule has 3 heterocycles. The lowest BCUT2D eigenvalue weighted by atomic mass is 10.00. The van der Waals surface area contributed by atoms with Gasteiger partial charge < -0.3 is 4.84 Å². The summed E-state index contributed by atoms with van der Waals surface area (Å²) in [5.74, 6) is -1.70. The Morgan fingerprint density at radius 2 is 2.20 bits per heavy atom. The molecule has 7 heteroatoms. The van der Waals surface area contributed by atoms with E-state index in [1.165, 1.54) is 6.07 Å². The van der Waals surface area contributed by atoms with Crippen LogP contribution in [0, 0.1) is 11.6 Å². The van der Waals surface area contributed by atoms with E-state index in [0.717, 1.165) is 55.4 Å². The van der Waals surface area contributed by atoms with Crippen molar-refractivity contribution in [3.8, 4) is 11.3 Å². The fourth-order valence-corrected chi connectivity index (χ4v) is 3.47. The molecule has 0 spiro atoms. The maximum atomic E-state index is 13.6. The van der Waals surface area contributed by atoms with E-state index in [0.29, 0.717) is 17.8 Å². The molecule has 4 rings (SSSR count). The smallest absolute Gasteiger partial charge is 0.159 e. The summed E-state index contributed by atoms with van der Waals surface area (Å²) < 4.78 is 26.8. The first-order valence-corrected chi connectivity index (χ1v) is 8.59. The average molecular weight is 346 g/mol. The van der Waals surface area contributed by atoms with Gasteiger partial charge in [0, 0.05) is 49.3 Å². The number of hydrogen-bond acceptors (Lipinski definition) is 4. The van der Waals surface area contributed by atoms with Crippen molar-refractivity contribution in [2.75, 3.05) is 13.1 Å². The van der Waals surface area contributed by atoms with Crippen molar-refractivity contribution in [2.24, 2.45) is 5.16 Å². The minimum absolute atomic E-state index is 0.0927. The molecule has 2 aromatic rings. The van der Waals surface area contributed by atoms with Crippen LogP contribution in [0.3, 0.4) is 0 Å². The molecule has 2 aliphatic rings. The molecule has 132 valence electrons. The molecular weight excluding hydrogens is 326 g/mol. The van der Waals surface area contributed by atoms with Gasteiger partial charge in [-0.3, -0.25) is 10.00 Å². The molecule has 5 nitrogen and oxygen atoms in total. The number of aromatic nitrogens is 2. The van der Waals surface area contributed by atoms with Crippen molar-refractivity contribution in [3.63, 3.8) is 0 Å². The number of nitrogens with zero attached hydrogens (tertiary/aromatic N) is 3. The van der Waals surface area contributed by atoms with Gasteiger partial charge in [-0.15, -0.1) is 0 Å². The largest absolute Gasteiger partial charge is 0.391 e. The van der Waals surface area contributed by atoms with Crippen LogP contribution in [0.1, 0.15) is 31.0 Å². The highest BCUT2D eigenvalue weighted by Crippen LogP contribution is 2.29. The number of halogens is 2. The highest BCUT2D eigenvalue weighted by Gasteiger charge is 2.27. The molecule has 0 unspecified atom stereocenters. The van der Waals surface area contributed by atoms with Crippen molar-refractivity contribution >= 4 is 5.71 Å². The maximum absolute atomic E-state index is 13.6. The van der Waals surface area contributed by atoms with Crippen LogP contribution in [0.4, 0.5) is 8.78 Å². The van der Waals surface area contributed by atoms with Gasteiger partial charge in [0.1, 0.15) is 6.10 Å². The number of oxime groups is 1. The van der Waals surface area contributed by atoms with Crippen LogP contribution in [0.2, 0.25) is 0 Å². The topological polar surface area (TPSA) is 53.5 Å². The van der Waals surface area contributed by atoms with Crippen LogP contribution in [0.15, 0.2) is 23.4 Å². The standard InChI is InChI=1S/C18H20F2N4O/c1-2-12-8-13(25-23-12)9-24-6-5-17-14(10-24)18(22-21-17)11-3-4-15(19)16(20)7-11/h3-4,7,13H,2,5-6,8-10H2,1H3,(H,21,22)/t13-/m1/s1. The van der Waals surface area contributed by atoms with E-state index < -0.39 is 11.6 Å². The van der Waals surface area contributed by atoms with Crippen molar-refractivity contribution < 1.29 is 13.6 Å². The second-order valence-electron chi connectivity index (χ2n) is 6.59. The quantitative estimate of drug-likeness (QED) is 0.924. The van der Waals surface area contributed by atoms with Crippen LogP contribution in [0.5, 0.6) is 0 Å². The number of nitrogens with one attached hydrogen (secondary N) is 1. The van der Waals surface area contributed by atoms with E-state index in [1.54, 1.807) is 6.07 Å². The molecule has 25 heavy (non-hydrogen) atoms. The van der Waals surface area contributed by atoms with Crippen LogP contribution in [-0.4, -0.2) is 40.0 Å². The number of H-pyrrole nitrogens is 1. The first-order valence-electron chi connectivity index (χ1n) is 8.59.